The first kappa shape index (κ1) is 55.6. The Labute approximate surface area is 415 Å². The van der Waals surface area contributed by atoms with E-state index in [4.69, 9.17) is 20.2 Å². The van der Waals surface area contributed by atoms with Crippen molar-refractivity contribution in [3.63, 3.8) is 0 Å². The average Bonchev–Trinajstić information content (AvgIpc) is 4.03. The topological polar surface area (TPSA) is 108 Å². The molecule has 2 spiro atoms. The molecule has 0 amide bonds. The van der Waals surface area contributed by atoms with Gasteiger partial charge in [-0.2, -0.15) is 4.31 Å². The fourth-order valence-corrected chi connectivity index (χ4v) is 13.4. The standard InChI is InChI=1S/C24H34N2O3S2.C20H32N2O.C4H3ClO2S2.2ClH/c1-20(2)19-29-22-7-4-3-6-21(22)18-25-13-9-24(10-14-25)11-15-26(16-12-24)31(27,28)23-8-5-17-30-23;1-17(2)16-23-19-6-4-3-5-18(19)15-22-13-9-20(10-14-22)7-11-21-12-8-20;5-9(6,7)4-2-1-3-8-4;;/h3-8,17,20H,9-16,18-19H2,1-2H3;3-6,17,21H,7-16H2,1-2H3;1-3H;2*1H. The normalized spacial score (nSPS) is 19.0. The lowest BCUT2D eigenvalue weighted by atomic mass is 9.71. The summed E-state index contributed by atoms with van der Waals surface area (Å²) in [4.78, 5) is 5.14. The van der Waals surface area contributed by atoms with Crippen LogP contribution in [-0.2, 0) is 32.2 Å². The van der Waals surface area contributed by atoms with E-state index in [1.807, 2.05) is 17.5 Å². The van der Waals surface area contributed by atoms with Crippen molar-refractivity contribution in [1.82, 2.24) is 19.4 Å². The van der Waals surface area contributed by atoms with Crippen LogP contribution in [0.4, 0.5) is 0 Å². The van der Waals surface area contributed by atoms with E-state index in [0.29, 0.717) is 40.0 Å². The lowest BCUT2D eigenvalue weighted by molar-refractivity contribution is 0.0525. The molecular formula is C48H71Cl3N4O6S4. The molecule has 17 heteroatoms. The number of rotatable bonds is 13. The monoisotopic (exact) mass is 1030 g/mol. The van der Waals surface area contributed by atoms with Crippen molar-refractivity contribution in [1.29, 1.82) is 0 Å². The molecule has 0 radical (unpaired) electrons. The van der Waals surface area contributed by atoms with Crippen LogP contribution in [0, 0.1) is 22.7 Å². The van der Waals surface area contributed by atoms with Crippen molar-refractivity contribution >= 4 is 77.2 Å². The van der Waals surface area contributed by atoms with Gasteiger partial charge in [0.25, 0.3) is 19.1 Å². The van der Waals surface area contributed by atoms with Crippen LogP contribution in [0.3, 0.4) is 0 Å². The van der Waals surface area contributed by atoms with Crippen LogP contribution >= 0.6 is 58.2 Å². The number of para-hydroxylation sites is 2. The number of piperidine rings is 4. The van der Waals surface area contributed by atoms with Crippen molar-refractivity contribution in [3.8, 4) is 11.5 Å². The number of benzene rings is 2. The lowest BCUT2D eigenvalue weighted by Gasteiger charge is -2.46. The molecule has 2 aromatic heterocycles. The Morgan fingerprint density at radius 3 is 1.37 bits per heavy atom. The number of likely N-dealkylation sites (tertiary alicyclic amines) is 2. The Kier molecular flexibility index (Phi) is 22.4. The summed E-state index contributed by atoms with van der Waals surface area (Å²) < 4.78 is 61.0. The number of thiophene rings is 2. The van der Waals surface area contributed by atoms with Gasteiger partial charge in [-0.25, -0.2) is 16.8 Å². The maximum absolute atomic E-state index is 12.8. The zero-order chi connectivity index (χ0) is 44.9. The molecule has 4 fully saturated rings. The fourth-order valence-electron chi connectivity index (χ4n) is 9.01. The molecule has 364 valence electrons. The summed E-state index contributed by atoms with van der Waals surface area (Å²) in [6, 6.07) is 23.6. The van der Waals surface area contributed by atoms with Gasteiger partial charge in [0.2, 0.25) is 0 Å². The minimum absolute atomic E-state index is 0. The molecule has 8 rings (SSSR count). The Bertz CT molecular complexity index is 2180. The second-order valence-electron chi connectivity index (χ2n) is 18.6. The first-order valence-electron chi connectivity index (χ1n) is 22.7. The number of sulfonamides is 1. The lowest BCUT2D eigenvalue weighted by Crippen LogP contribution is -2.47. The van der Waals surface area contributed by atoms with E-state index in [-0.39, 0.29) is 29.0 Å². The molecule has 4 aliphatic heterocycles. The first-order chi connectivity index (χ1) is 30.2. The largest absolute Gasteiger partial charge is 0.493 e. The average molecular weight is 1030 g/mol. The highest BCUT2D eigenvalue weighted by atomic mass is 35.7. The molecule has 0 atom stereocenters. The third-order valence-corrected chi connectivity index (χ3v) is 19.3. The minimum Gasteiger partial charge on any atom is -0.493 e. The van der Waals surface area contributed by atoms with Gasteiger partial charge in [-0.1, -0.05) is 76.2 Å². The maximum atomic E-state index is 12.8. The molecule has 0 bridgehead atoms. The molecule has 4 aliphatic rings. The molecule has 4 aromatic rings. The van der Waals surface area contributed by atoms with Gasteiger partial charge >= 0.3 is 0 Å². The molecule has 1 N–H and O–H groups in total. The third-order valence-electron chi connectivity index (χ3n) is 13.0. The van der Waals surface area contributed by atoms with Crippen molar-refractivity contribution < 1.29 is 26.3 Å². The van der Waals surface area contributed by atoms with E-state index >= 15 is 0 Å². The van der Waals surface area contributed by atoms with Crippen LogP contribution in [0.1, 0.15) is 90.2 Å². The smallest absolute Gasteiger partial charge is 0.270 e. The van der Waals surface area contributed by atoms with E-state index in [9.17, 15) is 16.8 Å². The van der Waals surface area contributed by atoms with Gasteiger partial charge in [0.1, 0.15) is 19.9 Å². The van der Waals surface area contributed by atoms with Crippen LogP contribution in [0.15, 0.2) is 92.0 Å². The predicted molar refractivity (Wildman–Crippen MR) is 274 cm³/mol. The molecule has 0 saturated carbocycles. The van der Waals surface area contributed by atoms with Gasteiger partial charge < -0.3 is 14.8 Å². The Hall–Kier alpha value is -1.95. The molecule has 6 heterocycles. The van der Waals surface area contributed by atoms with Crippen molar-refractivity contribution in [2.45, 2.75) is 101 Å². The van der Waals surface area contributed by atoms with Crippen LogP contribution in [0.25, 0.3) is 0 Å². The maximum Gasteiger partial charge on any atom is 0.270 e. The number of hydrogen-bond acceptors (Lipinski definition) is 11. The second-order valence-corrected chi connectivity index (χ2v) is 25.5. The second kappa shape index (κ2) is 26.1. The number of halogens is 3. The number of nitrogens with zero attached hydrogens (tertiary/aromatic N) is 3. The zero-order valence-electron chi connectivity index (χ0n) is 38.5. The summed E-state index contributed by atoms with van der Waals surface area (Å²) >= 11 is 2.42. The Morgan fingerprint density at radius 1 is 0.585 bits per heavy atom. The Morgan fingerprint density at radius 2 is 0.985 bits per heavy atom. The van der Waals surface area contributed by atoms with E-state index in [1.165, 1.54) is 80.4 Å². The summed E-state index contributed by atoms with van der Waals surface area (Å²) in [5, 5.41) is 7.00. The van der Waals surface area contributed by atoms with Crippen LogP contribution in [0.5, 0.6) is 11.5 Å². The molecule has 0 unspecified atom stereocenters. The summed E-state index contributed by atoms with van der Waals surface area (Å²) in [7, 11) is -1.80. The van der Waals surface area contributed by atoms with Crippen molar-refractivity contribution in [3.05, 3.63) is 94.7 Å². The highest BCUT2D eigenvalue weighted by Crippen LogP contribution is 2.43. The first-order valence-corrected chi connectivity index (χ1v) is 28.2. The highest BCUT2D eigenvalue weighted by molar-refractivity contribution is 8.15. The fraction of sp³-hybridized carbons (Fsp3) is 0.583. The van der Waals surface area contributed by atoms with E-state index in [2.05, 4.69) is 85.3 Å². The van der Waals surface area contributed by atoms with Gasteiger partial charge in [-0.3, -0.25) is 9.80 Å². The van der Waals surface area contributed by atoms with E-state index < -0.39 is 19.1 Å². The summed E-state index contributed by atoms with van der Waals surface area (Å²) in [5.41, 5.74) is 3.53. The van der Waals surface area contributed by atoms with E-state index in [0.717, 1.165) is 87.9 Å². The Balaban J connectivity index is 0.000000239. The molecule has 4 saturated heterocycles. The van der Waals surface area contributed by atoms with Gasteiger partial charge in [0.15, 0.2) is 0 Å². The van der Waals surface area contributed by atoms with E-state index in [1.54, 1.807) is 21.8 Å². The number of hydrogen-bond donors (Lipinski definition) is 1. The van der Waals surface area contributed by atoms with Crippen molar-refractivity contribution in [2.24, 2.45) is 22.7 Å². The predicted octanol–water partition coefficient (Wildman–Crippen LogP) is 11.1. The van der Waals surface area contributed by atoms with Gasteiger partial charge in [0.05, 0.1) is 13.2 Å². The zero-order valence-corrected chi connectivity index (χ0v) is 44.2. The molecular weight excluding hydrogens is 963 g/mol. The van der Waals surface area contributed by atoms with Gasteiger partial charge in [-0.05, 0) is 148 Å². The molecule has 10 nitrogen and oxygen atoms in total. The quantitative estimate of drug-likeness (QED) is 0.131. The van der Waals surface area contributed by atoms with Crippen LogP contribution < -0.4 is 14.8 Å². The van der Waals surface area contributed by atoms with Gasteiger partial charge in [-0.15, -0.1) is 47.5 Å². The van der Waals surface area contributed by atoms with Crippen LogP contribution in [-0.4, -0.2) is 96.5 Å². The molecule has 0 aliphatic carbocycles. The third kappa shape index (κ3) is 16.6. The summed E-state index contributed by atoms with van der Waals surface area (Å²) in [6.45, 7) is 20.5. The summed E-state index contributed by atoms with van der Waals surface area (Å²) in [5.74, 6) is 3.15. The number of nitrogens with one attached hydrogen (secondary N) is 1. The molecule has 2 aromatic carbocycles. The minimum atomic E-state index is -3.47. The highest BCUT2D eigenvalue weighted by Gasteiger charge is 2.41. The molecule has 65 heavy (non-hydrogen) atoms. The summed E-state index contributed by atoms with van der Waals surface area (Å²) in [6.07, 6.45) is 9.71. The van der Waals surface area contributed by atoms with Crippen LogP contribution in [0.2, 0.25) is 0 Å². The SMILES string of the molecule is CC(C)COc1ccccc1CN1CCC2(CC1)CCN(S(=O)(=O)c1cccs1)CC2.CC(C)COc1ccccc1CN1CCC2(CCNCC2)CC1.Cl.Cl.O=S(=O)(Cl)c1cccs1. The number of ether oxygens (including phenoxy) is 2. The van der Waals surface area contributed by atoms with Gasteiger partial charge in [0, 0.05) is 48.0 Å². The van der Waals surface area contributed by atoms with Crippen molar-refractivity contribution in [2.75, 3.05) is 65.6 Å².